The first-order valence-electron chi connectivity index (χ1n) is 8.01. The van der Waals surface area contributed by atoms with E-state index < -0.39 is 0 Å². The fraction of sp³-hybridized carbons (Fsp3) is 0.550. The number of hydrogen-bond donors (Lipinski definition) is 0. The van der Waals surface area contributed by atoms with Crippen LogP contribution in [0, 0.1) is 0 Å². The lowest BCUT2D eigenvalue weighted by Gasteiger charge is -2.02. The van der Waals surface area contributed by atoms with Gasteiger partial charge >= 0.3 is 0 Å². The largest absolute Gasteiger partial charge is 0.299 e. The highest BCUT2D eigenvalue weighted by Crippen LogP contribution is 2.13. The van der Waals surface area contributed by atoms with Gasteiger partial charge in [-0.1, -0.05) is 40.5 Å². The highest BCUT2D eigenvalue weighted by molar-refractivity contribution is 5.65. The number of aldehydes is 1. The molecule has 21 heavy (non-hydrogen) atoms. The zero-order valence-corrected chi connectivity index (χ0v) is 14.5. The van der Waals surface area contributed by atoms with Crippen LogP contribution in [0.4, 0.5) is 0 Å². The van der Waals surface area contributed by atoms with E-state index in [0.717, 1.165) is 44.0 Å². The highest BCUT2D eigenvalue weighted by atomic mass is 16.1. The number of allylic oxidation sites excluding steroid dienone is 8. The fourth-order valence-electron chi connectivity index (χ4n) is 2.08. The summed E-state index contributed by atoms with van der Waals surface area (Å²) in [5, 5.41) is 0. The molecule has 1 heteroatoms. The Bertz CT molecular complexity index is 415. The quantitative estimate of drug-likeness (QED) is 0.261. The first-order chi connectivity index (χ1) is 9.95. The summed E-state index contributed by atoms with van der Waals surface area (Å²) in [5.74, 6) is 0. The molecule has 0 heterocycles. The van der Waals surface area contributed by atoms with Gasteiger partial charge in [0, 0.05) is 0 Å². The Labute approximate surface area is 131 Å². The lowest BCUT2D eigenvalue weighted by molar-refractivity contribution is -0.104. The van der Waals surface area contributed by atoms with Gasteiger partial charge < -0.3 is 0 Å². The third-order valence-electron chi connectivity index (χ3n) is 3.51. The van der Waals surface area contributed by atoms with Crippen molar-refractivity contribution in [1.29, 1.82) is 0 Å². The molecule has 118 valence electrons. The predicted molar refractivity (Wildman–Crippen MR) is 94.5 cm³/mol. The standard InChI is InChI=1S/C20H32O/c1-17(2)9-6-10-18(3)11-7-12-19(4)13-8-14-20(5)15-16-21/h9,11,13,15-16H,6-8,10,12,14H2,1-5H3/b18-11+,19-13?,20-15?. The van der Waals surface area contributed by atoms with Crippen molar-refractivity contribution in [2.45, 2.75) is 73.1 Å². The van der Waals surface area contributed by atoms with Crippen LogP contribution in [0.2, 0.25) is 0 Å². The third-order valence-corrected chi connectivity index (χ3v) is 3.51. The molecule has 0 rings (SSSR count). The molecule has 0 fully saturated rings. The molecular formula is C20H32O. The van der Waals surface area contributed by atoms with Gasteiger partial charge in [-0.25, -0.2) is 0 Å². The minimum absolute atomic E-state index is 0.870. The van der Waals surface area contributed by atoms with E-state index in [1.165, 1.54) is 23.1 Å². The maximum absolute atomic E-state index is 10.3. The zero-order valence-electron chi connectivity index (χ0n) is 14.5. The van der Waals surface area contributed by atoms with Crippen LogP contribution in [0.3, 0.4) is 0 Å². The summed E-state index contributed by atoms with van der Waals surface area (Å²) in [4.78, 5) is 10.3. The second-order valence-corrected chi connectivity index (χ2v) is 6.15. The molecule has 0 radical (unpaired) electrons. The molecular weight excluding hydrogens is 256 g/mol. The summed E-state index contributed by atoms with van der Waals surface area (Å²) < 4.78 is 0. The number of hydrogen-bond acceptors (Lipinski definition) is 1. The van der Waals surface area contributed by atoms with Crippen molar-refractivity contribution in [2.24, 2.45) is 0 Å². The smallest absolute Gasteiger partial charge is 0.142 e. The minimum atomic E-state index is 0.870. The molecule has 1 nitrogen and oxygen atoms in total. The van der Waals surface area contributed by atoms with E-state index in [4.69, 9.17) is 0 Å². The first-order valence-corrected chi connectivity index (χ1v) is 8.01. The van der Waals surface area contributed by atoms with Gasteiger partial charge in [0.15, 0.2) is 0 Å². The van der Waals surface area contributed by atoms with Crippen LogP contribution in [0.15, 0.2) is 46.6 Å². The van der Waals surface area contributed by atoms with Crippen molar-refractivity contribution in [2.75, 3.05) is 0 Å². The van der Waals surface area contributed by atoms with E-state index >= 15 is 0 Å². The molecule has 0 aromatic heterocycles. The van der Waals surface area contributed by atoms with Gasteiger partial charge in [0.25, 0.3) is 0 Å². The molecule has 0 spiro atoms. The van der Waals surface area contributed by atoms with E-state index in [9.17, 15) is 4.79 Å². The number of carbonyl (C=O) groups excluding carboxylic acids is 1. The van der Waals surface area contributed by atoms with Gasteiger partial charge in [0.1, 0.15) is 6.29 Å². The average Bonchev–Trinajstić information content (AvgIpc) is 2.38. The van der Waals surface area contributed by atoms with Gasteiger partial charge in [0.2, 0.25) is 0 Å². The minimum Gasteiger partial charge on any atom is -0.299 e. The Kier molecular flexibility index (Phi) is 11.6. The van der Waals surface area contributed by atoms with Crippen LogP contribution in [-0.4, -0.2) is 6.29 Å². The Hall–Kier alpha value is -1.37. The molecule has 0 amide bonds. The molecule has 0 saturated heterocycles. The molecule has 0 aromatic rings. The van der Waals surface area contributed by atoms with Crippen LogP contribution >= 0.6 is 0 Å². The molecule has 0 saturated carbocycles. The van der Waals surface area contributed by atoms with Crippen LogP contribution in [0.1, 0.15) is 73.1 Å². The van der Waals surface area contributed by atoms with E-state index in [1.54, 1.807) is 6.08 Å². The van der Waals surface area contributed by atoms with Crippen molar-refractivity contribution in [3.63, 3.8) is 0 Å². The lowest BCUT2D eigenvalue weighted by atomic mass is 10.0. The van der Waals surface area contributed by atoms with E-state index in [1.807, 2.05) is 6.92 Å². The first kappa shape index (κ1) is 19.6. The lowest BCUT2D eigenvalue weighted by Crippen LogP contribution is -1.82. The summed E-state index contributed by atoms with van der Waals surface area (Å²) in [6.45, 7) is 10.7. The maximum Gasteiger partial charge on any atom is 0.142 e. The van der Waals surface area contributed by atoms with Crippen molar-refractivity contribution in [3.05, 3.63) is 46.6 Å². The average molecular weight is 288 g/mol. The van der Waals surface area contributed by atoms with Crippen molar-refractivity contribution >= 4 is 6.29 Å². The molecule has 0 unspecified atom stereocenters. The molecule has 0 N–H and O–H groups in total. The van der Waals surface area contributed by atoms with Gasteiger partial charge in [-0.15, -0.1) is 0 Å². The summed E-state index contributed by atoms with van der Waals surface area (Å²) in [7, 11) is 0. The second kappa shape index (κ2) is 12.4. The van der Waals surface area contributed by atoms with Crippen molar-refractivity contribution < 1.29 is 4.79 Å². The van der Waals surface area contributed by atoms with Gasteiger partial charge in [-0.2, -0.15) is 0 Å². The predicted octanol–water partition coefficient (Wildman–Crippen LogP) is 6.33. The van der Waals surface area contributed by atoms with E-state index in [-0.39, 0.29) is 0 Å². The van der Waals surface area contributed by atoms with Gasteiger partial charge in [0.05, 0.1) is 0 Å². The Balaban J connectivity index is 3.96. The molecule has 0 aliphatic heterocycles. The second-order valence-electron chi connectivity index (χ2n) is 6.15. The summed E-state index contributed by atoms with van der Waals surface area (Å²) in [6, 6.07) is 0. The van der Waals surface area contributed by atoms with Crippen LogP contribution in [0.25, 0.3) is 0 Å². The van der Waals surface area contributed by atoms with Gasteiger partial charge in [-0.05, 0) is 79.2 Å². The van der Waals surface area contributed by atoms with Crippen molar-refractivity contribution in [3.8, 4) is 0 Å². The van der Waals surface area contributed by atoms with Gasteiger partial charge in [-0.3, -0.25) is 4.79 Å². The maximum atomic E-state index is 10.3. The number of rotatable bonds is 10. The highest BCUT2D eigenvalue weighted by Gasteiger charge is 1.93. The zero-order chi connectivity index (χ0) is 16.1. The summed E-state index contributed by atoms with van der Waals surface area (Å²) >= 11 is 0. The molecule has 0 atom stereocenters. The summed E-state index contributed by atoms with van der Waals surface area (Å²) in [5.41, 5.74) is 5.50. The Morgan fingerprint density at radius 1 is 0.667 bits per heavy atom. The van der Waals surface area contributed by atoms with Crippen molar-refractivity contribution in [1.82, 2.24) is 0 Å². The van der Waals surface area contributed by atoms with E-state index in [0.29, 0.717) is 0 Å². The SMILES string of the molecule is CC(C)=CCC/C(C)=C/CCC(C)=CCCC(C)=CC=O. The topological polar surface area (TPSA) is 17.1 Å². The Morgan fingerprint density at radius 3 is 1.52 bits per heavy atom. The normalized spacial score (nSPS) is 13.3. The number of carbonyl (C=O) groups is 1. The Morgan fingerprint density at radius 2 is 1.10 bits per heavy atom. The molecule has 0 aliphatic rings. The van der Waals surface area contributed by atoms with Crippen LogP contribution < -0.4 is 0 Å². The molecule has 0 bridgehead atoms. The molecule has 0 aliphatic carbocycles. The van der Waals surface area contributed by atoms with Crippen LogP contribution in [-0.2, 0) is 4.79 Å². The third kappa shape index (κ3) is 13.4. The summed E-state index contributed by atoms with van der Waals surface area (Å²) in [6.07, 6.45) is 16.1. The van der Waals surface area contributed by atoms with Crippen LogP contribution in [0.5, 0.6) is 0 Å². The molecule has 0 aromatic carbocycles. The fourth-order valence-corrected chi connectivity index (χ4v) is 2.08. The van der Waals surface area contributed by atoms with E-state index in [2.05, 4.69) is 45.9 Å². The monoisotopic (exact) mass is 288 g/mol.